The number of unbranched alkanes of at least 4 members (excludes halogenated alkanes) is 1. The number of carboxylic acids is 1. The number of halogens is 2. The maximum absolute atomic E-state index is 14.2. The van der Waals surface area contributed by atoms with E-state index in [0.29, 0.717) is 34.0 Å². The van der Waals surface area contributed by atoms with Gasteiger partial charge in [0.15, 0.2) is 0 Å². The predicted molar refractivity (Wildman–Crippen MR) is 256 cm³/mol. The fourth-order valence-electron chi connectivity index (χ4n) is 8.24. The zero-order valence-electron chi connectivity index (χ0n) is 36.1. The highest BCUT2D eigenvalue weighted by Gasteiger charge is 2.32. The molecule has 0 heterocycles. The maximum atomic E-state index is 14.2. The SMILES string of the molecule is N[C@H](Cc1ccc2ccccc2c1)C(=O)N[C@H](Cc1ccc(Cl)cc1)C(=O)N[C@@H](Cc1ccc(Cl)cc1)C(=O)N[C@@H](CCCCNC(=O)OCC1c2ccccc2-c2ccccc21)C(=O)O. The van der Waals surface area contributed by atoms with E-state index >= 15 is 0 Å². The Bertz CT molecular complexity index is 2630. The van der Waals surface area contributed by atoms with Crippen LogP contribution in [0, 0.1) is 0 Å². The average Bonchev–Trinajstić information content (AvgIpc) is 3.64. The molecule has 1 aliphatic rings. The number of carboxylic acid groups (broad SMARTS) is 1. The van der Waals surface area contributed by atoms with Gasteiger partial charge in [-0.3, -0.25) is 14.4 Å². The molecule has 14 heteroatoms. The van der Waals surface area contributed by atoms with Gasteiger partial charge in [0.2, 0.25) is 17.7 Å². The summed E-state index contributed by atoms with van der Waals surface area (Å²) in [6.45, 7) is 0.382. The number of benzene rings is 6. The first-order valence-corrected chi connectivity index (χ1v) is 22.6. The monoisotopic (exact) mass is 927 g/mol. The number of hydrogen-bond acceptors (Lipinski definition) is 7. The lowest BCUT2D eigenvalue weighted by molar-refractivity contribution is -0.142. The van der Waals surface area contributed by atoms with E-state index in [0.717, 1.165) is 38.6 Å². The molecule has 340 valence electrons. The lowest BCUT2D eigenvalue weighted by atomic mass is 9.98. The molecule has 6 aromatic rings. The Morgan fingerprint density at radius 2 is 1.08 bits per heavy atom. The third-order valence-corrected chi connectivity index (χ3v) is 12.2. The Balaban J connectivity index is 0.963. The first-order chi connectivity index (χ1) is 31.9. The van der Waals surface area contributed by atoms with Gasteiger partial charge in [-0.25, -0.2) is 9.59 Å². The highest BCUT2D eigenvalue weighted by Crippen LogP contribution is 2.44. The summed E-state index contributed by atoms with van der Waals surface area (Å²) in [6, 6.07) is 38.5. The molecule has 0 aliphatic heterocycles. The van der Waals surface area contributed by atoms with E-state index < -0.39 is 54.0 Å². The molecule has 0 saturated carbocycles. The summed E-state index contributed by atoms with van der Waals surface area (Å²) in [4.78, 5) is 67.1. The van der Waals surface area contributed by atoms with E-state index in [2.05, 4.69) is 33.4 Å². The number of nitrogens with one attached hydrogen (secondary N) is 4. The molecule has 7 N–H and O–H groups in total. The van der Waals surface area contributed by atoms with Gasteiger partial charge in [0.1, 0.15) is 24.7 Å². The molecular formula is C52H51Cl2N5O7. The normalized spacial score (nSPS) is 13.6. The summed E-state index contributed by atoms with van der Waals surface area (Å²) >= 11 is 12.3. The van der Waals surface area contributed by atoms with Crippen molar-refractivity contribution in [2.75, 3.05) is 13.2 Å². The Morgan fingerprint density at radius 1 is 0.576 bits per heavy atom. The number of nitrogens with two attached hydrogens (primary N) is 1. The molecule has 66 heavy (non-hydrogen) atoms. The van der Waals surface area contributed by atoms with Crippen molar-refractivity contribution < 1.29 is 33.8 Å². The minimum absolute atomic E-state index is 0.0196. The van der Waals surface area contributed by atoms with Crippen molar-refractivity contribution in [1.29, 1.82) is 0 Å². The third kappa shape index (κ3) is 12.5. The Hall–Kier alpha value is -6.73. The molecule has 0 aromatic heterocycles. The fraction of sp³-hybridized carbons (Fsp3) is 0.250. The smallest absolute Gasteiger partial charge is 0.407 e. The van der Waals surface area contributed by atoms with Gasteiger partial charge in [-0.05, 0) is 99.7 Å². The zero-order valence-corrected chi connectivity index (χ0v) is 37.6. The molecule has 7 rings (SSSR count). The molecule has 0 radical (unpaired) electrons. The summed E-state index contributed by atoms with van der Waals surface area (Å²) in [5, 5.41) is 24.1. The van der Waals surface area contributed by atoms with Crippen molar-refractivity contribution >= 4 is 63.8 Å². The molecular weight excluding hydrogens is 878 g/mol. The summed E-state index contributed by atoms with van der Waals surface area (Å²) < 4.78 is 5.62. The molecule has 0 fully saturated rings. The molecule has 4 amide bonds. The van der Waals surface area contributed by atoms with Gasteiger partial charge in [-0.15, -0.1) is 0 Å². The van der Waals surface area contributed by atoms with E-state index in [1.807, 2.05) is 78.9 Å². The number of ether oxygens (including phenoxy) is 1. The Morgan fingerprint density at radius 3 is 1.65 bits per heavy atom. The van der Waals surface area contributed by atoms with Crippen LogP contribution in [-0.2, 0) is 43.2 Å². The van der Waals surface area contributed by atoms with Gasteiger partial charge >= 0.3 is 12.1 Å². The number of fused-ring (bicyclic) bond motifs is 4. The average molecular weight is 929 g/mol. The minimum Gasteiger partial charge on any atom is -0.480 e. The second-order valence-corrected chi connectivity index (χ2v) is 17.3. The van der Waals surface area contributed by atoms with Gasteiger partial charge in [0.05, 0.1) is 6.04 Å². The molecule has 4 atom stereocenters. The van der Waals surface area contributed by atoms with E-state index in [4.69, 9.17) is 33.7 Å². The van der Waals surface area contributed by atoms with E-state index in [1.54, 1.807) is 48.5 Å². The Kier molecular flexibility index (Phi) is 16.1. The Labute approximate surface area is 393 Å². The topological polar surface area (TPSA) is 189 Å². The van der Waals surface area contributed by atoms with E-state index in [9.17, 15) is 29.1 Å². The molecule has 0 unspecified atom stereocenters. The van der Waals surface area contributed by atoms with Crippen LogP contribution in [0.1, 0.15) is 53.0 Å². The van der Waals surface area contributed by atoms with Crippen LogP contribution in [0.5, 0.6) is 0 Å². The summed E-state index contributed by atoms with van der Waals surface area (Å²) in [5.41, 5.74) is 13.0. The second kappa shape index (κ2) is 22.4. The van der Waals surface area contributed by atoms with Gasteiger partial charge in [0.25, 0.3) is 0 Å². The lowest BCUT2D eigenvalue weighted by Gasteiger charge is -2.26. The summed E-state index contributed by atoms with van der Waals surface area (Å²) in [7, 11) is 0. The number of aliphatic carboxylic acids is 1. The maximum Gasteiger partial charge on any atom is 0.407 e. The van der Waals surface area contributed by atoms with Gasteiger partial charge in [0, 0.05) is 35.3 Å². The van der Waals surface area contributed by atoms with Crippen molar-refractivity contribution in [3.8, 4) is 11.1 Å². The van der Waals surface area contributed by atoms with Crippen LogP contribution in [0.2, 0.25) is 10.0 Å². The first kappa shape index (κ1) is 47.2. The van der Waals surface area contributed by atoms with Crippen LogP contribution in [0.15, 0.2) is 140 Å². The fourth-order valence-corrected chi connectivity index (χ4v) is 8.49. The third-order valence-electron chi connectivity index (χ3n) is 11.7. The van der Waals surface area contributed by atoms with Crippen LogP contribution >= 0.6 is 23.2 Å². The highest BCUT2D eigenvalue weighted by atomic mass is 35.5. The predicted octanol–water partition coefficient (Wildman–Crippen LogP) is 7.75. The highest BCUT2D eigenvalue weighted by molar-refractivity contribution is 6.30. The summed E-state index contributed by atoms with van der Waals surface area (Å²) in [6.07, 6.45) is 0.420. The molecule has 6 aromatic carbocycles. The standard InChI is InChI=1S/C52H51Cl2N5O7/c53-37-22-17-32(18-23-37)29-46(58-48(60)44(55)28-34-16-21-35-9-1-2-10-36(35)27-34)50(62)59-47(30-33-19-24-38(54)25-20-33)49(61)57-45(51(63)64)15-7-8-26-56-52(65)66-31-43-41-13-5-3-11-39(41)40-12-4-6-14-42(40)43/h1-6,9-14,16-25,27,43-47H,7-8,15,26,28-31,55H2,(H,56,65)(H,57,61)(H,58,60)(H,59,62)(H,63,64)/t44-,45+,46-,47+/m1/s1. The molecule has 12 nitrogen and oxygen atoms in total. The van der Waals surface area contributed by atoms with Gasteiger partial charge in [-0.2, -0.15) is 0 Å². The first-order valence-electron chi connectivity index (χ1n) is 21.9. The van der Waals surface area contributed by atoms with Crippen LogP contribution in [-0.4, -0.2) is 72.2 Å². The van der Waals surface area contributed by atoms with Crippen molar-refractivity contribution in [3.63, 3.8) is 0 Å². The van der Waals surface area contributed by atoms with Crippen molar-refractivity contribution in [2.24, 2.45) is 5.73 Å². The number of alkyl carbamates (subject to hydrolysis) is 1. The minimum atomic E-state index is -1.31. The van der Waals surface area contributed by atoms with Crippen LogP contribution in [0.25, 0.3) is 21.9 Å². The van der Waals surface area contributed by atoms with Crippen LogP contribution < -0.4 is 27.0 Å². The number of rotatable bonds is 20. The zero-order chi connectivity index (χ0) is 46.6. The van der Waals surface area contributed by atoms with Crippen molar-refractivity contribution in [2.45, 2.75) is 68.6 Å². The van der Waals surface area contributed by atoms with Gasteiger partial charge < -0.3 is 36.8 Å². The summed E-state index contributed by atoms with van der Waals surface area (Å²) in [5.74, 6) is -3.36. The molecule has 0 bridgehead atoms. The van der Waals surface area contributed by atoms with Crippen LogP contribution in [0.4, 0.5) is 4.79 Å². The number of carbonyl (C=O) groups is 5. The van der Waals surface area contributed by atoms with Gasteiger partial charge in [-0.1, -0.05) is 138 Å². The quantitative estimate of drug-likeness (QED) is 0.0419. The number of amides is 4. The molecule has 0 spiro atoms. The molecule has 1 aliphatic carbocycles. The molecule has 0 saturated heterocycles. The number of carbonyl (C=O) groups excluding carboxylic acids is 4. The lowest BCUT2D eigenvalue weighted by Crippen LogP contribution is -2.58. The van der Waals surface area contributed by atoms with Crippen LogP contribution in [0.3, 0.4) is 0 Å². The van der Waals surface area contributed by atoms with E-state index in [1.165, 1.54) is 0 Å². The van der Waals surface area contributed by atoms with Crippen molar-refractivity contribution in [1.82, 2.24) is 21.3 Å². The second-order valence-electron chi connectivity index (χ2n) is 16.4. The largest absolute Gasteiger partial charge is 0.480 e. The van der Waals surface area contributed by atoms with E-state index in [-0.39, 0.29) is 44.8 Å². The number of hydrogen-bond donors (Lipinski definition) is 6. The van der Waals surface area contributed by atoms with Crippen molar-refractivity contribution in [3.05, 3.63) is 177 Å².